The van der Waals surface area contributed by atoms with Crippen LogP contribution >= 0.6 is 15.9 Å². The average molecular weight is 340 g/mol. The second kappa shape index (κ2) is 6.27. The van der Waals surface area contributed by atoms with Crippen LogP contribution in [0, 0.1) is 5.92 Å². The molecule has 1 aliphatic heterocycles. The van der Waals surface area contributed by atoms with E-state index >= 15 is 0 Å². The minimum absolute atomic E-state index is 0.0115. The lowest BCUT2D eigenvalue weighted by Gasteiger charge is -2.24. The van der Waals surface area contributed by atoms with Gasteiger partial charge in [-0.25, -0.2) is 0 Å². The number of halogens is 1. The number of likely N-dealkylation sites (tertiary alicyclic amines) is 1. The summed E-state index contributed by atoms with van der Waals surface area (Å²) >= 11 is 3.54. The molecule has 0 radical (unpaired) electrons. The molecule has 2 rings (SSSR count). The van der Waals surface area contributed by atoms with E-state index in [0.717, 1.165) is 17.3 Å². The fraction of sp³-hybridized carbons (Fsp3) is 0.562. The summed E-state index contributed by atoms with van der Waals surface area (Å²) in [6.07, 6.45) is 2.23. The lowest BCUT2D eigenvalue weighted by Crippen LogP contribution is -2.38. The summed E-state index contributed by atoms with van der Waals surface area (Å²) in [5.41, 5.74) is 0.444. The molecule has 1 aromatic carbocycles. The quantitative estimate of drug-likeness (QED) is 0.915. The lowest BCUT2D eigenvalue weighted by molar-refractivity contribution is -0.135. The molecule has 1 N–H and O–H groups in total. The maximum atomic E-state index is 12.6. The third kappa shape index (κ3) is 3.61. The highest BCUT2D eigenvalue weighted by molar-refractivity contribution is 9.10. The zero-order valence-corrected chi connectivity index (χ0v) is 13.7. The molecule has 1 aromatic rings. The van der Waals surface area contributed by atoms with E-state index in [1.54, 1.807) is 6.92 Å². The molecule has 0 bridgehead atoms. The highest BCUT2D eigenvalue weighted by atomic mass is 79.9. The van der Waals surface area contributed by atoms with Crippen LogP contribution in [0.25, 0.3) is 0 Å². The number of carbonyl (C=O) groups is 1. The van der Waals surface area contributed by atoms with Gasteiger partial charge in [-0.1, -0.05) is 41.1 Å². The molecule has 1 fully saturated rings. The highest BCUT2D eigenvalue weighted by Crippen LogP contribution is 2.26. The normalized spacial score (nSPS) is 23.9. The van der Waals surface area contributed by atoms with Gasteiger partial charge in [0.25, 0.3) is 0 Å². The van der Waals surface area contributed by atoms with Crippen molar-refractivity contribution in [3.63, 3.8) is 0 Å². The van der Waals surface area contributed by atoms with Gasteiger partial charge < -0.3 is 10.0 Å². The molecule has 0 saturated carbocycles. The standard InChI is InChI=1S/C16H22BrNO2/c1-3-12(10-13-6-4-5-7-14(13)17)15(19)18-9-8-16(2,20)11-18/h4-7,12,20H,3,8-11H2,1-2H3/t12-,16-/m1/s1. The topological polar surface area (TPSA) is 40.5 Å². The number of amides is 1. The van der Waals surface area contributed by atoms with Gasteiger partial charge in [-0.2, -0.15) is 0 Å². The highest BCUT2D eigenvalue weighted by Gasteiger charge is 2.36. The molecule has 1 amide bonds. The van der Waals surface area contributed by atoms with Crippen LogP contribution in [0.5, 0.6) is 0 Å². The van der Waals surface area contributed by atoms with E-state index in [-0.39, 0.29) is 11.8 Å². The minimum atomic E-state index is -0.721. The van der Waals surface area contributed by atoms with Gasteiger partial charge >= 0.3 is 0 Å². The number of nitrogens with zero attached hydrogens (tertiary/aromatic N) is 1. The van der Waals surface area contributed by atoms with E-state index < -0.39 is 5.60 Å². The van der Waals surface area contributed by atoms with E-state index in [2.05, 4.69) is 22.0 Å². The molecular formula is C16H22BrNO2. The first-order valence-electron chi connectivity index (χ1n) is 7.17. The van der Waals surface area contributed by atoms with Crippen molar-refractivity contribution in [3.8, 4) is 0 Å². The van der Waals surface area contributed by atoms with Crippen molar-refractivity contribution in [2.75, 3.05) is 13.1 Å². The zero-order chi connectivity index (χ0) is 14.8. The van der Waals surface area contributed by atoms with E-state index in [4.69, 9.17) is 0 Å². The van der Waals surface area contributed by atoms with Crippen molar-refractivity contribution in [3.05, 3.63) is 34.3 Å². The second-order valence-electron chi connectivity index (χ2n) is 5.91. The molecule has 3 nitrogen and oxygen atoms in total. The van der Waals surface area contributed by atoms with Crippen molar-refractivity contribution in [2.24, 2.45) is 5.92 Å². The van der Waals surface area contributed by atoms with E-state index in [1.165, 1.54) is 5.56 Å². The van der Waals surface area contributed by atoms with E-state index in [9.17, 15) is 9.90 Å². The lowest BCUT2D eigenvalue weighted by atomic mass is 9.95. The Balaban J connectivity index is 2.05. The molecule has 0 aromatic heterocycles. The van der Waals surface area contributed by atoms with Gasteiger partial charge in [0, 0.05) is 23.5 Å². The zero-order valence-electron chi connectivity index (χ0n) is 12.1. The molecule has 4 heteroatoms. The van der Waals surface area contributed by atoms with Crippen LogP contribution in [-0.2, 0) is 11.2 Å². The summed E-state index contributed by atoms with van der Waals surface area (Å²) in [6.45, 7) is 4.97. The predicted octanol–water partition coefficient (Wildman–Crippen LogP) is 3.00. The number of rotatable bonds is 4. The van der Waals surface area contributed by atoms with Gasteiger partial charge in [-0.15, -0.1) is 0 Å². The summed E-state index contributed by atoms with van der Waals surface area (Å²) in [5, 5.41) is 10.0. The van der Waals surface area contributed by atoms with Gasteiger partial charge in [-0.05, 0) is 37.8 Å². The fourth-order valence-electron chi connectivity index (χ4n) is 2.73. The van der Waals surface area contributed by atoms with Crippen LogP contribution in [0.15, 0.2) is 28.7 Å². The Kier molecular flexibility index (Phi) is 4.86. The third-order valence-electron chi connectivity index (χ3n) is 4.03. The summed E-state index contributed by atoms with van der Waals surface area (Å²) in [4.78, 5) is 14.4. The van der Waals surface area contributed by atoms with Crippen LogP contribution in [0.1, 0.15) is 32.3 Å². The van der Waals surface area contributed by atoms with Crippen LogP contribution < -0.4 is 0 Å². The number of hydrogen-bond acceptors (Lipinski definition) is 2. The predicted molar refractivity (Wildman–Crippen MR) is 83.4 cm³/mol. The maximum Gasteiger partial charge on any atom is 0.226 e. The fourth-order valence-corrected chi connectivity index (χ4v) is 3.17. The molecule has 110 valence electrons. The number of hydrogen-bond donors (Lipinski definition) is 1. The van der Waals surface area contributed by atoms with Gasteiger partial charge in [0.05, 0.1) is 5.60 Å². The van der Waals surface area contributed by atoms with Crippen molar-refractivity contribution >= 4 is 21.8 Å². The van der Waals surface area contributed by atoms with Crippen molar-refractivity contribution in [1.82, 2.24) is 4.90 Å². The summed E-state index contributed by atoms with van der Waals surface area (Å²) in [7, 11) is 0. The molecule has 1 aliphatic rings. The molecular weight excluding hydrogens is 318 g/mol. The Morgan fingerprint density at radius 3 is 2.75 bits per heavy atom. The molecule has 0 unspecified atom stereocenters. The molecule has 20 heavy (non-hydrogen) atoms. The minimum Gasteiger partial charge on any atom is -0.388 e. The molecule has 1 saturated heterocycles. The number of aliphatic hydroxyl groups is 1. The Hall–Kier alpha value is -0.870. The van der Waals surface area contributed by atoms with Crippen LogP contribution in [0.4, 0.5) is 0 Å². The van der Waals surface area contributed by atoms with Gasteiger partial charge in [0.2, 0.25) is 5.91 Å². The van der Waals surface area contributed by atoms with Gasteiger partial charge in [0.1, 0.15) is 0 Å². The number of carbonyl (C=O) groups excluding carboxylic acids is 1. The van der Waals surface area contributed by atoms with Crippen LogP contribution in [0.2, 0.25) is 0 Å². The second-order valence-corrected chi connectivity index (χ2v) is 6.76. The van der Waals surface area contributed by atoms with E-state index in [1.807, 2.05) is 30.0 Å². The Morgan fingerprint density at radius 1 is 1.50 bits per heavy atom. The first-order valence-corrected chi connectivity index (χ1v) is 7.97. The smallest absolute Gasteiger partial charge is 0.226 e. The monoisotopic (exact) mass is 339 g/mol. The van der Waals surface area contributed by atoms with Crippen LogP contribution in [0.3, 0.4) is 0 Å². The Labute approximate surface area is 129 Å². The SMILES string of the molecule is CC[C@H](Cc1ccccc1Br)C(=O)N1CC[C@@](C)(O)C1. The van der Waals surface area contributed by atoms with Gasteiger partial charge in [0.15, 0.2) is 0 Å². The number of benzene rings is 1. The maximum absolute atomic E-state index is 12.6. The molecule has 0 spiro atoms. The summed E-state index contributed by atoms with van der Waals surface area (Å²) < 4.78 is 1.06. The molecule has 2 atom stereocenters. The van der Waals surface area contributed by atoms with Crippen molar-refractivity contribution < 1.29 is 9.90 Å². The van der Waals surface area contributed by atoms with E-state index in [0.29, 0.717) is 19.5 Å². The largest absolute Gasteiger partial charge is 0.388 e. The van der Waals surface area contributed by atoms with Gasteiger partial charge in [-0.3, -0.25) is 4.79 Å². The summed E-state index contributed by atoms with van der Waals surface area (Å²) in [6, 6.07) is 8.04. The first kappa shape index (κ1) is 15.5. The first-order chi connectivity index (χ1) is 9.43. The van der Waals surface area contributed by atoms with Crippen molar-refractivity contribution in [1.29, 1.82) is 0 Å². The number of β-amino-alcohol motifs (C(OH)–C–C–N with tert-alkyl or cyclic N) is 1. The molecule has 1 heterocycles. The third-order valence-corrected chi connectivity index (χ3v) is 4.80. The Bertz CT molecular complexity index is 487. The molecule has 0 aliphatic carbocycles. The van der Waals surface area contributed by atoms with Crippen molar-refractivity contribution in [2.45, 2.75) is 38.7 Å². The Morgan fingerprint density at radius 2 is 2.20 bits per heavy atom. The summed E-state index contributed by atoms with van der Waals surface area (Å²) in [5.74, 6) is 0.156. The average Bonchev–Trinajstić information content (AvgIpc) is 2.77. The van der Waals surface area contributed by atoms with Crippen LogP contribution in [-0.4, -0.2) is 34.6 Å².